The van der Waals surface area contributed by atoms with Gasteiger partial charge in [0.1, 0.15) is 35.5 Å². The first-order chi connectivity index (χ1) is 8.24. The molecule has 1 rings (SSSR count). The van der Waals surface area contributed by atoms with Crippen LogP contribution < -0.4 is 10.2 Å². The van der Waals surface area contributed by atoms with Gasteiger partial charge in [0.05, 0.1) is 12.1 Å². The molecule has 0 fully saturated rings. The SMILES string of the molecule is CCNc1ncnc(N(CC#N)CC#N)c1Br. The minimum atomic E-state index is 0.106. The van der Waals surface area contributed by atoms with Gasteiger partial charge < -0.3 is 10.2 Å². The fourth-order valence-corrected chi connectivity index (χ4v) is 1.84. The highest BCUT2D eigenvalue weighted by atomic mass is 79.9. The molecule has 0 amide bonds. The Balaban J connectivity index is 3.07. The quantitative estimate of drug-likeness (QED) is 0.829. The van der Waals surface area contributed by atoms with Gasteiger partial charge in [-0.05, 0) is 22.9 Å². The van der Waals surface area contributed by atoms with Crippen LogP contribution >= 0.6 is 15.9 Å². The summed E-state index contributed by atoms with van der Waals surface area (Å²) in [7, 11) is 0. The maximum atomic E-state index is 8.71. The second kappa shape index (κ2) is 6.66. The maximum absolute atomic E-state index is 8.71. The molecule has 7 heteroatoms. The van der Waals surface area contributed by atoms with E-state index in [1.807, 2.05) is 19.1 Å². The predicted molar refractivity (Wildman–Crippen MR) is 67.3 cm³/mol. The van der Waals surface area contributed by atoms with Gasteiger partial charge in [0.15, 0.2) is 0 Å². The van der Waals surface area contributed by atoms with Crippen LogP contribution in [0.2, 0.25) is 0 Å². The Morgan fingerprint density at radius 1 is 1.35 bits per heavy atom. The van der Waals surface area contributed by atoms with Gasteiger partial charge >= 0.3 is 0 Å². The lowest BCUT2D eigenvalue weighted by Crippen LogP contribution is -2.25. The lowest BCUT2D eigenvalue weighted by atomic mass is 10.4. The van der Waals surface area contributed by atoms with Crippen molar-refractivity contribution in [3.05, 3.63) is 10.8 Å². The summed E-state index contributed by atoms with van der Waals surface area (Å²) in [5, 5.41) is 20.5. The van der Waals surface area contributed by atoms with Gasteiger partial charge in [-0.1, -0.05) is 0 Å². The molecule has 0 radical (unpaired) electrons. The van der Waals surface area contributed by atoms with Crippen LogP contribution in [0, 0.1) is 22.7 Å². The van der Waals surface area contributed by atoms with Gasteiger partial charge in [-0.25, -0.2) is 9.97 Å². The number of nitrogens with zero attached hydrogens (tertiary/aromatic N) is 5. The smallest absolute Gasteiger partial charge is 0.150 e. The maximum Gasteiger partial charge on any atom is 0.150 e. The van der Waals surface area contributed by atoms with Gasteiger partial charge in [-0.15, -0.1) is 0 Å². The van der Waals surface area contributed by atoms with E-state index in [0.29, 0.717) is 16.1 Å². The molecule has 1 aromatic heterocycles. The molecule has 1 heterocycles. The number of aromatic nitrogens is 2. The average molecular weight is 295 g/mol. The first-order valence-corrected chi connectivity index (χ1v) is 5.77. The van der Waals surface area contributed by atoms with Crippen molar-refractivity contribution in [2.24, 2.45) is 0 Å². The first kappa shape index (κ1) is 13.2. The van der Waals surface area contributed by atoms with Crippen molar-refractivity contribution in [2.75, 3.05) is 29.9 Å². The van der Waals surface area contributed by atoms with Crippen LogP contribution in [-0.2, 0) is 0 Å². The van der Waals surface area contributed by atoms with Gasteiger partial charge in [0, 0.05) is 6.54 Å². The van der Waals surface area contributed by atoms with Gasteiger partial charge in [-0.2, -0.15) is 10.5 Å². The number of rotatable bonds is 5. The van der Waals surface area contributed by atoms with Crippen molar-refractivity contribution < 1.29 is 0 Å². The molecule has 0 aliphatic heterocycles. The molecule has 0 aliphatic carbocycles. The third kappa shape index (κ3) is 3.30. The molecular weight excluding hydrogens is 284 g/mol. The second-order valence-electron chi connectivity index (χ2n) is 3.06. The molecule has 0 saturated carbocycles. The van der Waals surface area contributed by atoms with E-state index in [2.05, 4.69) is 31.2 Å². The first-order valence-electron chi connectivity index (χ1n) is 4.97. The Labute approximate surface area is 108 Å². The van der Waals surface area contributed by atoms with Crippen LogP contribution in [0.5, 0.6) is 0 Å². The molecule has 0 spiro atoms. The molecule has 0 atom stereocenters. The minimum Gasteiger partial charge on any atom is -0.369 e. The monoisotopic (exact) mass is 294 g/mol. The van der Waals surface area contributed by atoms with Gasteiger partial charge in [0.2, 0.25) is 0 Å². The third-order valence-corrected chi connectivity index (χ3v) is 2.67. The summed E-state index contributed by atoms with van der Waals surface area (Å²) in [5.74, 6) is 1.19. The van der Waals surface area contributed by atoms with Crippen LogP contribution in [0.3, 0.4) is 0 Å². The topological polar surface area (TPSA) is 88.6 Å². The molecule has 0 bridgehead atoms. The average Bonchev–Trinajstić information content (AvgIpc) is 2.32. The van der Waals surface area contributed by atoms with Crippen LogP contribution in [0.15, 0.2) is 10.8 Å². The summed E-state index contributed by atoms with van der Waals surface area (Å²) in [6.07, 6.45) is 1.40. The molecule has 88 valence electrons. The van der Waals surface area contributed by atoms with Crippen molar-refractivity contribution >= 4 is 27.6 Å². The summed E-state index contributed by atoms with van der Waals surface area (Å²) in [6, 6.07) is 4.01. The Morgan fingerprint density at radius 2 is 2.00 bits per heavy atom. The van der Waals surface area contributed by atoms with E-state index in [9.17, 15) is 0 Å². The zero-order valence-electron chi connectivity index (χ0n) is 9.31. The number of hydrogen-bond acceptors (Lipinski definition) is 6. The number of hydrogen-bond donors (Lipinski definition) is 1. The molecular formula is C10H11BrN6. The third-order valence-electron chi connectivity index (χ3n) is 1.94. The lowest BCUT2D eigenvalue weighted by Gasteiger charge is -2.19. The Bertz CT molecular complexity index is 445. The Kier molecular flexibility index (Phi) is 5.18. The summed E-state index contributed by atoms with van der Waals surface area (Å²) in [6.45, 7) is 2.89. The summed E-state index contributed by atoms with van der Waals surface area (Å²) in [4.78, 5) is 9.73. The Morgan fingerprint density at radius 3 is 2.53 bits per heavy atom. The van der Waals surface area contributed by atoms with E-state index in [-0.39, 0.29) is 13.1 Å². The standard InChI is InChI=1S/C10H11BrN6/c1-2-14-9-8(11)10(16-7-15-9)17(5-3-12)6-4-13/h7H,2,5-6H2,1H3,(H,14,15,16). The van der Waals surface area contributed by atoms with Crippen molar-refractivity contribution in [3.63, 3.8) is 0 Å². The van der Waals surface area contributed by atoms with E-state index in [1.54, 1.807) is 4.90 Å². The highest BCUT2D eigenvalue weighted by Crippen LogP contribution is 2.28. The van der Waals surface area contributed by atoms with E-state index >= 15 is 0 Å². The van der Waals surface area contributed by atoms with E-state index in [0.717, 1.165) is 6.54 Å². The zero-order chi connectivity index (χ0) is 12.7. The predicted octanol–water partition coefficient (Wildman–Crippen LogP) is 1.52. The highest BCUT2D eigenvalue weighted by molar-refractivity contribution is 9.10. The molecule has 0 aliphatic rings. The number of nitrogens with one attached hydrogen (secondary N) is 1. The van der Waals surface area contributed by atoms with Crippen LogP contribution in [0.1, 0.15) is 6.92 Å². The largest absolute Gasteiger partial charge is 0.369 e. The molecule has 1 aromatic rings. The highest BCUT2D eigenvalue weighted by Gasteiger charge is 2.14. The molecule has 17 heavy (non-hydrogen) atoms. The van der Waals surface area contributed by atoms with Crippen LogP contribution in [0.25, 0.3) is 0 Å². The molecule has 6 nitrogen and oxygen atoms in total. The van der Waals surface area contributed by atoms with Crippen LogP contribution in [0.4, 0.5) is 11.6 Å². The lowest BCUT2D eigenvalue weighted by molar-refractivity contribution is 0.919. The molecule has 0 unspecified atom stereocenters. The number of anilines is 2. The summed E-state index contributed by atoms with van der Waals surface area (Å²) >= 11 is 3.37. The Hall–Kier alpha value is -1.86. The normalized spacial score (nSPS) is 9.18. The van der Waals surface area contributed by atoms with Gasteiger partial charge in [0.25, 0.3) is 0 Å². The molecule has 0 saturated heterocycles. The molecule has 0 aromatic carbocycles. The van der Waals surface area contributed by atoms with E-state index < -0.39 is 0 Å². The minimum absolute atomic E-state index is 0.106. The van der Waals surface area contributed by atoms with Gasteiger partial charge in [-0.3, -0.25) is 0 Å². The van der Waals surface area contributed by atoms with Crippen molar-refractivity contribution in [1.29, 1.82) is 10.5 Å². The van der Waals surface area contributed by atoms with Crippen LogP contribution in [-0.4, -0.2) is 29.6 Å². The fourth-order valence-electron chi connectivity index (χ4n) is 1.25. The second-order valence-corrected chi connectivity index (χ2v) is 3.86. The van der Waals surface area contributed by atoms with Crippen molar-refractivity contribution in [1.82, 2.24) is 9.97 Å². The zero-order valence-corrected chi connectivity index (χ0v) is 10.9. The van der Waals surface area contributed by atoms with E-state index in [1.165, 1.54) is 6.33 Å². The number of nitriles is 2. The fraction of sp³-hybridized carbons (Fsp3) is 0.400. The van der Waals surface area contributed by atoms with E-state index in [4.69, 9.17) is 10.5 Å². The molecule has 1 N–H and O–H groups in total. The van der Waals surface area contributed by atoms with Crippen molar-refractivity contribution in [2.45, 2.75) is 6.92 Å². The number of halogens is 1. The van der Waals surface area contributed by atoms with Crippen molar-refractivity contribution in [3.8, 4) is 12.1 Å². The summed E-state index contributed by atoms with van der Waals surface area (Å²) < 4.78 is 0.660. The summed E-state index contributed by atoms with van der Waals surface area (Å²) in [5.41, 5.74) is 0.